The molecular formula is C12H17BrN6. The Morgan fingerprint density at radius 2 is 2.26 bits per heavy atom. The number of nitrogens with zero attached hydrogens (tertiary/aromatic N) is 5. The van der Waals surface area contributed by atoms with Gasteiger partial charge in [0, 0.05) is 13.2 Å². The summed E-state index contributed by atoms with van der Waals surface area (Å²) in [5.74, 6) is 0.757. The van der Waals surface area contributed by atoms with Crippen molar-refractivity contribution in [3.8, 4) is 0 Å². The van der Waals surface area contributed by atoms with Crippen molar-refractivity contribution < 1.29 is 0 Å². The number of rotatable bonds is 5. The maximum Gasteiger partial charge on any atom is 0.153 e. The van der Waals surface area contributed by atoms with Gasteiger partial charge in [0.2, 0.25) is 0 Å². The van der Waals surface area contributed by atoms with Crippen molar-refractivity contribution >= 4 is 15.9 Å². The molecule has 0 fully saturated rings. The lowest BCUT2D eigenvalue weighted by molar-refractivity contribution is 0.538. The molecule has 0 aromatic carbocycles. The summed E-state index contributed by atoms with van der Waals surface area (Å²) in [6, 6.07) is 1.87. The number of hydrogen-bond acceptors (Lipinski definition) is 5. The van der Waals surface area contributed by atoms with Crippen molar-refractivity contribution in [2.75, 3.05) is 6.54 Å². The molecule has 0 radical (unpaired) electrons. The van der Waals surface area contributed by atoms with Gasteiger partial charge in [-0.1, -0.05) is 12.1 Å². The van der Waals surface area contributed by atoms with E-state index in [9.17, 15) is 0 Å². The molecule has 0 aliphatic rings. The first-order valence-electron chi connectivity index (χ1n) is 6.21. The Morgan fingerprint density at radius 1 is 1.47 bits per heavy atom. The molecule has 0 amide bonds. The molecular weight excluding hydrogens is 308 g/mol. The molecule has 7 heteroatoms. The van der Waals surface area contributed by atoms with Crippen molar-refractivity contribution in [3.05, 3.63) is 34.1 Å². The van der Waals surface area contributed by atoms with Gasteiger partial charge in [0.1, 0.15) is 5.82 Å². The van der Waals surface area contributed by atoms with Crippen molar-refractivity contribution in [2.45, 2.75) is 26.3 Å². The number of nitrogens with one attached hydrogen (secondary N) is 1. The summed E-state index contributed by atoms with van der Waals surface area (Å²) in [7, 11) is 1.88. The van der Waals surface area contributed by atoms with E-state index in [1.54, 1.807) is 10.9 Å². The third-order valence-corrected chi connectivity index (χ3v) is 3.36. The van der Waals surface area contributed by atoms with Gasteiger partial charge >= 0.3 is 0 Å². The first kappa shape index (κ1) is 14.1. The predicted molar refractivity (Wildman–Crippen MR) is 75.6 cm³/mol. The third-order valence-electron chi connectivity index (χ3n) is 2.79. The molecule has 0 saturated carbocycles. The minimum Gasteiger partial charge on any atom is -0.304 e. The maximum absolute atomic E-state index is 4.50. The Morgan fingerprint density at radius 3 is 2.84 bits per heavy atom. The minimum atomic E-state index is -0.0453. The van der Waals surface area contributed by atoms with Crippen LogP contribution in [0.15, 0.2) is 16.9 Å². The van der Waals surface area contributed by atoms with Crippen molar-refractivity contribution in [1.29, 1.82) is 0 Å². The number of aryl methyl sites for hydroxylation is 2. The van der Waals surface area contributed by atoms with Crippen LogP contribution in [0, 0.1) is 6.92 Å². The second-order valence-electron chi connectivity index (χ2n) is 4.30. The number of hydrogen-bond donors (Lipinski definition) is 1. The molecule has 0 spiro atoms. The molecule has 6 nitrogen and oxygen atoms in total. The fourth-order valence-electron chi connectivity index (χ4n) is 1.91. The summed E-state index contributed by atoms with van der Waals surface area (Å²) < 4.78 is 2.49. The lowest BCUT2D eigenvalue weighted by Crippen LogP contribution is -2.26. The molecule has 102 valence electrons. The van der Waals surface area contributed by atoms with Gasteiger partial charge in [0.05, 0.1) is 17.4 Å². The van der Waals surface area contributed by atoms with Gasteiger partial charge in [0.25, 0.3) is 0 Å². The van der Waals surface area contributed by atoms with Crippen molar-refractivity contribution in [2.24, 2.45) is 7.05 Å². The predicted octanol–water partition coefficient (Wildman–Crippen LogP) is 1.77. The van der Waals surface area contributed by atoms with Gasteiger partial charge in [-0.15, -0.1) is 5.10 Å². The van der Waals surface area contributed by atoms with Crippen LogP contribution in [0.1, 0.15) is 36.6 Å². The molecule has 1 N–H and O–H groups in total. The van der Waals surface area contributed by atoms with Crippen LogP contribution in [0.5, 0.6) is 0 Å². The van der Waals surface area contributed by atoms with E-state index in [2.05, 4.69) is 48.5 Å². The lowest BCUT2D eigenvalue weighted by Gasteiger charge is -2.18. The van der Waals surface area contributed by atoms with Gasteiger partial charge < -0.3 is 5.32 Å². The Hall–Kier alpha value is -1.34. The zero-order valence-corrected chi connectivity index (χ0v) is 12.8. The summed E-state index contributed by atoms with van der Waals surface area (Å²) in [6.45, 7) is 4.91. The average Bonchev–Trinajstić information content (AvgIpc) is 2.71. The minimum absolute atomic E-state index is 0.0453. The summed E-state index contributed by atoms with van der Waals surface area (Å²) in [4.78, 5) is 8.64. The summed E-state index contributed by atoms with van der Waals surface area (Å²) in [5, 5.41) is 11.5. The molecule has 1 atom stereocenters. The molecule has 2 rings (SSSR count). The molecule has 19 heavy (non-hydrogen) atoms. The van der Waals surface area contributed by atoms with Gasteiger partial charge in [0.15, 0.2) is 4.60 Å². The molecule has 1 unspecified atom stereocenters. The van der Waals surface area contributed by atoms with Crippen LogP contribution in [0.25, 0.3) is 0 Å². The fraction of sp³-hybridized carbons (Fsp3) is 0.500. The van der Waals surface area contributed by atoms with Crippen LogP contribution in [0.3, 0.4) is 0 Å². The Kier molecular flexibility index (Phi) is 4.60. The van der Waals surface area contributed by atoms with Crippen LogP contribution in [0.4, 0.5) is 0 Å². The van der Waals surface area contributed by atoms with E-state index in [1.165, 1.54) is 0 Å². The second kappa shape index (κ2) is 6.21. The topological polar surface area (TPSA) is 68.5 Å². The van der Waals surface area contributed by atoms with Gasteiger partial charge in [-0.05, 0) is 41.9 Å². The summed E-state index contributed by atoms with van der Waals surface area (Å²) in [5.41, 5.74) is 1.89. The quantitative estimate of drug-likeness (QED) is 0.907. The molecule has 2 aromatic heterocycles. The smallest absolute Gasteiger partial charge is 0.153 e. The Labute approximate surface area is 120 Å². The van der Waals surface area contributed by atoms with Crippen LogP contribution in [-0.4, -0.2) is 31.5 Å². The van der Waals surface area contributed by atoms with E-state index < -0.39 is 0 Å². The van der Waals surface area contributed by atoms with Crippen LogP contribution >= 0.6 is 15.9 Å². The second-order valence-corrected chi connectivity index (χ2v) is 5.06. The summed E-state index contributed by atoms with van der Waals surface area (Å²) in [6.07, 6.45) is 2.82. The van der Waals surface area contributed by atoms with Gasteiger partial charge in [-0.3, -0.25) is 0 Å². The highest BCUT2D eigenvalue weighted by molar-refractivity contribution is 9.10. The maximum atomic E-state index is 4.50. The van der Waals surface area contributed by atoms with E-state index in [0.29, 0.717) is 0 Å². The van der Waals surface area contributed by atoms with E-state index in [-0.39, 0.29) is 6.04 Å². The van der Waals surface area contributed by atoms with Crippen LogP contribution in [0.2, 0.25) is 0 Å². The van der Waals surface area contributed by atoms with Crippen molar-refractivity contribution in [3.63, 3.8) is 0 Å². The number of halogens is 1. The first-order chi connectivity index (χ1) is 9.13. The highest BCUT2D eigenvalue weighted by Crippen LogP contribution is 2.25. The lowest BCUT2D eigenvalue weighted by atomic mass is 10.1. The van der Waals surface area contributed by atoms with Gasteiger partial charge in [-0.25, -0.2) is 14.6 Å². The molecule has 0 saturated heterocycles. The highest BCUT2D eigenvalue weighted by atomic mass is 79.9. The Balaban J connectivity index is 2.41. The SMILES string of the molecule is CCCNC(c1ccnc(C)n1)c1c(Br)nnn1C. The van der Waals surface area contributed by atoms with E-state index in [0.717, 1.165) is 34.8 Å². The standard InChI is InChI=1S/C12H17BrN6/c1-4-6-15-10(9-5-7-14-8(2)16-9)11-12(13)17-18-19(11)3/h5,7,10,15H,4,6H2,1-3H3. The average molecular weight is 325 g/mol. The Bertz CT molecular complexity index is 533. The third kappa shape index (κ3) is 3.16. The van der Waals surface area contributed by atoms with Crippen LogP contribution < -0.4 is 5.32 Å². The largest absolute Gasteiger partial charge is 0.304 e. The molecule has 0 bridgehead atoms. The first-order valence-corrected chi connectivity index (χ1v) is 7.00. The summed E-state index contributed by atoms with van der Waals surface area (Å²) >= 11 is 3.45. The van der Waals surface area contributed by atoms with Crippen LogP contribution in [-0.2, 0) is 7.05 Å². The van der Waals surface area contributed by atoms with E-state index in [4.69, 9.17) is 0 Å². The highest BCUT2D eigenvalue weighted by Gasteiger charge is 2.22. The normalized spacial score (nSPS) is 12.6. The van der Waals surface area contributed by atoms with E-state index in [1.807, 2.05) is 20.0 Å². The van der Waals surface area contributed by atoms with E-state index >= 15 is 0 Å². The molecule has 0 aliphatic carbocycles. The monoisotopic (exact) mass is 324 g/mol. The molecule has 0 aliphatic heterocycles. The zero-order chi connectivity index (χ0) is 13.8. The molecule has 2 heterocycles. The number of aromatic nitrogens is 5. The zero-order valence-electron chi connectivity index (χ0n) is 11.3. The van der Waals surface area contributed by atoms with Gasteiger partial charge in [-0.2, -0.15) is 0 Å². The fourth-order valence-corrected chi connectivity index (χ4v) is 2.47. The van der Waals surface area contributed by atoms with Crippen molar-refractivity contribution in [1.82, 2.24) is 30.3 Å². The molecule has 2 aromatic rings.